The molecule has 11 aromatic rings. The second kappa shape index (κ2) is 11.0. The molecule has 0 radical (unpaired) electrons. The van der Waals surface area contributed by atoms with E-state index in [-0.39, 0.29) is 0 Å². The summed E-state index contributed by atoms with van der Waals surface area (Å²) >= 11 is 1.88. The molecule has 7 aromatic carbocycles. The van der Waals surface area contributed by atoms with Crippen molar-refractivity contribution in [2.24, 2.45) is 0 Å². The lowest BCUT2D eigenvalue weighted by atomic mass is 10.1. The second-order valence-electron chi connectivity index (χ2n) is 13.0. The topological polar surface area (TPSA) is 35.6 Å². The zero-order chi connectivity index (χ0) is 33.5. The third-order valence-electron chi connectivity index (χ3n) is 10.1. The normalized spacial score (nSPS) is 11.9. The summed E-state index contributed by atoms with van der Waals surface area (Å²) in [5, 5.41) is 7.42. The van der Waals surface area contributed by atoms with E-state index >= 15 is 0 Å². The summed E-state index contributed by atoms with van der Waals surface area (Å²) < 4.78 is 7.30. The van der Waals surface area contributed by atoms with Crippen LogP contribution in [0, 0.1) is 0 Å². The van der Waals surface area contributed by atoms with Gasteiger partial charge in [-0.3, -0.25) is 4.57 Å². The monoisotopic (exact) mass is 668 g/mol. The minimum absolute atomic E-state index is 0.652. The highest BCUT2D eigenvalue weighted by Crippen LogP contribution is 2.45. The fourth-order valence-corrected chi connectivity index (χ4v) is 9.12. The first-order chi connectivity index (χ1) is 25.3. The van der Waals surface area contributed by atoms with Crippen LogP contribution in [0.5, 0.6) is 0 Å². The average molecular weight is 669 g/mol. The van der Waals surface area contributed by atoms with E-state index < -0.39 is 0 Å². The van der Waals surface area contributed by atoms with E-state index in [1.807, 2.05) is 23.5 Å². The minimum Gasteiger partial charge on any atom is -0.309 e. The average Bonchev–Trinajstić information content (AvgIpc) is 3.85. The van der Waals surface area contributed by atoms with E-state index in [1.54, 1.807) is 0 Å². The molecule has 0 aliphatic carbocycles. The lowest BCUT2D eigenvalue weighted by molar-refractivity contribution is 0.996. The third-order valence-corrected chi connectivity index (χ3v) is 11.3. The quantitative estimate of drug-likeness (QED) is 0.187. The Labute approximate surface area is 297 Å². The van der Waals surface area contributed by atoms with Crippen LogP contribution >= 0.6 is 11.3 Å². The molecule has 51 heavy (non-hydrogen) atoms. The summed E-state index contributed by atoms with van der Waals surface area (Å²) in [5.41, 5.74) is 9.57. The van der Waals surface area contributed by atoms with Gasteiger partial charge in [0.15, 0.2) is 0 Å². The summed E-state index contributed by atoms with van der Waals surface area (Å²) in [5.74, 6) is 0.652. The highest BCUT2D eigenvalue weighted by Gasteiger charge is 2.22. The zero-order valence-corrected chi connectivity index (χ0v) is 28.2. The van der Waals surface area contributed by atoms with Crippen molar-refractivity contribution in [3.05, 3.63) is 170 Å². The standard InChI is InChI=1S/C46H28N4S/c1-4-14-29(15-5-1)37-28-38(30-16-6-2-7-17-30)48-46(47-37)50-39-22-12-10-20-32(39)35-26-42-36(27-41(35)50)44-40(49(42)31-18-8-3-9-19-31)25-24-34-33-21-11-13-23-43(33)51-45(34)44/h1-28H. The SMILES string of the molecule is c1ccc(-c2cc(-c3ccccc3)nc(-n3c4ccccc4c4cc5c(cc43)c3c4sc6ccccc6c4ccc3n5-c3ccccc3)n2)cc1. The molecule has 0 N–H and O–H groups in total. The predicted octanol–water partition coefficient (Wildman–Crippen LogP) is 12.4. The molecule has 0 amide bonds. The summed E-state index contributed by atoms with van der Waals surface area (Å²) in [6.45, 7) is 0. The molecule has 0 spiro atoms. The number of hydrogen-bond acceptors (Lipinski definition) is 3. The Kier molecular flexibility index (Phi) is 6.09. The maximum Gasteiger partial charge on any atom is 0.235 e. The van der Waals surface area contributed by atoms with Gasteiger partial charge in [0, 0.05) is 58.5 Å². The van der Waals surface area contributed by atoms with Gasteiger partial charge in [0.1, 0.15) is 0 Å². The van der Waals surface area contributed by atoms with E-state index in [2.05, 4.69) is 167 Å². The highest BCUT2D eigenvalue weighted by molar-refractivity contribution is 7.26. The first kappa shape index (κ1) is 28.3. The van der Waals surface area contributed by atoms with E-state index in [0.29, 0.717) is 5.95 Å². The van der Waals surface area contributed by atoms with Crippen molar-refractivity contribution < 1.29 is 0 Å². The Hall–Kier alpha value is -6.56. The summed E-state index contributed by atoms with van der Waals surface area (Å²) in [4.78, 5) is 10.6. The van der Waals surface area contributed by atoms with Crippen LogP contribution in [0.4, 0.5) is 0 Å². The third kappa shape index (κ3) is 4.25. The van der Waals surface area contributed by atoms with Gasteiger partial charge < -0.3 is 4.57 Å². The van der Waals surface area contributed by atoms with E-state index in [0.717, 1.165) is 39.2 Å². The molecule has 0 bridgehead atoms. The second-order valence-corrected chi connectivity index (χ2v) is 14.1. The van der Waals surface area contributed by atoms with Gasteiger partial charge in [-0.15, -0.1) is 11.3 Å². The molecule has 0 aliphatic heterocycles. The maximum atomic E-state index is 5.29. The van der Waals surface area contributed by atoms with Crippen molar-refractivity contribution in [1.29, 1.82) is 0 Å². The predicted molar refractivity (Wildman–Crippen MR) is 214 cm³/mol. The zero-order valence-electron chi connectivity index (χ0n) is 27.4. The van der Waals surface area contributed by atoms with Gasteiger partial charge in [0.25, 0.3) is 0 Å². The highest BCUT2D eigenvalue weighted by atomic mass is 32.1. The van der Waals surface area contributed by atoms with Gasteiger partial charge in [-0.05, 0) is 48.5 Å². The lowest BCUT2D eigenvalue weighted by Crippen LogP contribution is -2.04. The lowest BCUT2D eigenvalue weighted by Gasteiger charge is -2.12. The number of benzene rings is 7. The van der Waals surface area contributed by atoms with Crippen LogP contribution in [0.3, 0.4) is 0 Å². The summed E-state index contributed by atoms with van der Waals surface area (Å²) in [7, 11) is 0. The molecule has 0 saturated heterocycles. The van der Waals surface area contributed by atoms with Crippen LogP contribution in [-0.2, 0) is 0 Å². The van der Waals surface area contributed by atoms with Crippen LogP contribution in [0.2, 0.25) is 0 Å². The Morgan fingerprint density at radius 3 is 1.71 bits per heavy atom. The molecule has 0 saturated carbocycles. The number of nitrogens with zero attached hydrogens (tertiary/aromatic N) is 4. The fraction of sp³-hybridized carbons (Fsp3) is 0. The molecule has 238 valence electrons. The Morgan fingerprint density at radius 1 is 0.392 bits per heavy atom. The van der Waals surface area contributed by atoms with Crippen molar-refractivity contribution in [3.8, 4) is 34.2 Å². The molecule has 0 fully saturated rings. The Bertz CT molecular complexity index is 3060. The molecule has 4 nitrogen and oxygen atoms in total. The van der Waals surface area contributed by atoms with Crippen LogP contribution in [-0.4, -0.2) is 19.1 Å². The van der Waals surface area contributed by atoms with Crippen molar-refractivity contribution in [2.75, 3.05) is 0 Å². The minimum atomic E-state index is 0.652. The van der Waals surface area contributed by atoms with Gasteiger partial charge in [-0.1, -0.05) is 121 Å². The van der Waals surface area contributed by atoms with Crippen LogP contribution in [0.25, 0.3) is 97.9 Å². The Balaban J connectivity index is 1.30. The maximum absolute atomic E-state index is 5.29. The van der Waals surface area contributed by atoms with Crippen molar-refractivity contribution >= 4 is 75.1 Å². The van der Waals surface area contributed by atoms with Crippen LogP contribution in [0.1, 0.15) is 0 Å². The van der Waals surface area contributed by atoms with E-state index in [9.17, 15) is 0 Å². The van der Waals surface area contributed by atoms with Crippen molar-refractivity contribution in [3.63, 3.8) is 0 Å². The van der Waals surface area contributed by atoms with Crippen molar-refractivity contribution in [2.45, 2.75) is 0 Å². The number of hydrogen-bond donors (Lipinski definition) is 0. The number of fused-ring (bicyclic) bond motifs is 10. The number of rotatable bonds is 4. The first-order valence-electron chi connectivity index (χ1n) is 17.2. The van der Waals surface area contributed by atoms with Gasteiger partial charge in [-0.25, -0.2) is 9.97 Å². The molecule has 4 aromatic heterocycles. The first-order valence-corrected chi connectivity index (χ1v) is 18.0. The molecular weight excluding hydrogens is 641 g/mol. The molecular formula is C46H28N4S. The van der Waals surface area contributed by atoms with Crippen molar-refractivity contribution in [1.82, 2.24) is 19.1 Å². The van der Waals surface area contributed by atoms with Crippen LogP contribution < -0.4 is 0 Å². The molecule has 0 unspecified atom stereocenters. The van der Waals surface area contributed by atoms with Gasteiger partial charge in [0.05, 0.1) is 33.5 Å². The number of thiophene rings is 1. The summed E-state index contributed by atoms with van der Waals surface area (Å²) in [6, 6.07) is 60.4. The van der Waals surface area contributed by atoms with Crippen LogP contribution in [0.15, 0.2) is 170 Å². The molecule has 5 heteroatoms. The smallest absolute Gasteiger partial charge is 0.235 e. The Morgan fingerprint density at radius 2 is 0.980 bits per heavy atom. The molecule has 0 atom stereocenters. The molecule has 11 rings (SSSR count). The van der Waals surface area contributed by atoms with Gasteiger partial charge in [-0.2, -0.15) is 0 Å². The number of para-hydroxylation sites is 2. The molecule has 0 aliphatic rings. The van der Waals surface area contributed by atoms with Gasteiger partial charge >= 0.3 is 0 Å². The largest absolute Gasteiger partial charge is 0.309 e. The van der Waals surface area contributed by atoms with E-state index in [4.69, 9.17) is 9.97 Å². The van der Waals surface area contributed by atoms with Gasteiger partial charge in [0.2, 0.25) is 5.95 Å². The number of aromatic nitrogens is 4. The summed E-state index contributed by atoms with van der Waals surface area (Å²) in [6.07, 6.45) is 0. The fourth-order valence-electron chi connectivity index (χ4n) is 7.86. The van der Waals surface area contributed by atoms with E-state index in [1.165, 1.54) is 52.8 Å². The molecule has 4 heterocycles.